The highest BCUT2D eigenvalue weighted by atomic mass is 32.1. The van der Waals surface area contributed by atoms with Gasteiger partial charge >= 0.3 is 6.18 Å². The summed E-state index contributed by atoms with van der Waals surface area (Å²) >= 11 is 0.936. The Morgan fingerprint density at radius 3 is 2.36 bits per heavy atom. The number of aromatic nitrogens is 1. The van der Waals surface area contributed by atoms with Crippen LogP contribution in [0.2, 0.25) is 0 Å². The Kier molecular flexibility index (Phi) is 5.46. The molecule has 0 unspecified atom stereocenters. The Morgan fingerprint density at radius 2 is 1.75 bits per heavy atom. The number of rotatable bonds is 4. The molecular formula is C19H13F5N2OS. The van der Waals surface area contributed by atoms with Crippen molar-refractivity contribution in [2.24, 2.45) is 0 Å². The number of carbonyl (C=O) groups excluding carboxylic acids is 1. The molecular weight excluding hydrogens is 399 g/mol. The lowest BCUT2D eigenvalue weighted by Crippen LogP contribution is -2.15. The number of hydrogen-bond acceptors (Lipinski definition) is 3. The number of nitrogens with zero attached hydrogens (tertiary/aromatic N) is 1. The highest BCUT2D eigenvalue weighted by Crippen LogP contribution is 2.37. The third-order valence-corrected chi connectivity index (χ3v) is 4.96. The van der Waals surface area contributed by atoms with E-state index < -0.39 is 34.8 Å². The fourth-order valence-electron chi connectivity index (χ4n) is 2.58. The molecule has 0 aliphatic rings. The van der Waals surface area contributed by atoms with Gasteiger partial charge in [0.2, 0.25) is 0 Å². The molecule has 3 nitrogen and oxygen atoms in total. The summed E-state index contributed by atoms with van der Waals surface area (Å²) in [4.78, 5) is 16.8. The third kappa shape index (κ3) is 4.04. The van der Waals surface area contributed by atoms with Crippen LogP contribution in [0, 0.1) is 11.6 Å². The molecule has 1 aromatic heterocycles. The standard InChI is InChI=1S/C19H13F5N2OS/c1-2-14-16(10-5-3-6-11(9-10)19(22,23)24)28-18(25-14)26-17(27)15-12(20)7-4-8-13(15)21/h3-9H,2H2,1H3,(H,25,26,27). The van der Waals surface area contributed by atoms with Gasteiger partial charge in [-0.15, -0.1) is 0 Å². The number of alkyl halides is 3. The van der Waals surface area contributed by atoms with Crippen LogP contribution in [-0.2, 0) is 12.6 Å². The topological polar surface area (TPSA) is 42.0 Å². The zero-order valence-corrected chi connectivity index (χ0v) is 15.2. The first kappa shape index (κ1) is 19.9. The van der Waals surface area contributed by atoms with E-state index >= 15 is 0 Å². The molecule has 1 N–H and O–H groups in total. The molecule has 0 saturated heterocycles. The van der Waals surface area contributed by atoms with E-state index in [1.165, 1.54) is 12.1 Å². The van der Waals surface area contributed by atoms with Gasteiger partial charge < -0.3 is 0 Å². The van der Waals surface area contributed by atoms with E-state index in [0.29, 0.717) is 22.6 Å². The van der Waals surface area contributed by atoms with E-state index in [-0.39, 0.29) is 5.13 Å². The minimum atomic E-state index is -4.49. The average Bonchev–Trinajstić information content (AvgIpc) is 3.04. The molecule has 0 radical (unpaired) electrons. The van der Waals surface area contributed by atoms with Gasteiger partial charge in [0.1, 0.15) is 17.2 Å². The van der Waals surface area contributed by atoms with Crippen LogP contribution in [-0.4, -0.2) is 10.9 Å². The van der Waals surface area contributed by atoms with Gasteiger partial charge in [-0.3, -0.25) is 10.1 Å². The number of benzene rings is 2. The van der Waals surface area contributed by atoms with Crippen molar-refractivity contribution in [1.29, 1.82) is 0 Å². The molecule has 1 amide bonds. The quantitative estimate of drug-likeness (QED) is 0.541. The maximum Gasteiger partial charge on any atom is 0.416 e. The van der Waals surface area contributed by atoms with Crippen molar-refractivity contribution in [3.63, 3.8) is 0 Å². The van der Waals surface area contributed by atoms with E-state index in [9.17, 15) is 26.7 Å². The van der Waals surface area contributed by atoms with Gasteiger partial charge in [-0.05, 0) is 36.2 Å². The maximum atomic E-state index is 13.8. The van der Waals surface area contributed by atoms with Gasteiger partial charge in [-0.25, -0.2) is 13.8 Å². The smallest absolute Gasteiger partial charge is 0.298 e. The first-order valence-electron chi connectivity index (χ1n) is 8.13. The van der Waals surface area contributed by atoms with Gasteiger partial charge in [-0.2, -0.15) is 13.2 Å². The van der Waals surface area contributed by atoms with Crippen LogP contribution in [0.3, 0.4) is 0 Å². The summed E-state index contributed by atoms with van der Waals surface area (Å²) < 4.78 is 66.4. The monoisotopic (exact) mass is 412 g/mol. The Morgan fingerprint density at radius 1 is 1.11 bits per heavy atom. The van der Waals surface area contributed by atoms with Crippen LogP contribution in [0.5, 0.6) is 0 Å². The van der Waals surface area contributed by atoms with Crippen LogP contribution < -0.4 is 5.32 Å². The molecule has 28 heavy (non-hydrogen) atoms. The lowest BCUT2D eigenvalue weighted by Gasteiger charge is -2.08. The molecule has 3 aromatic rings. The van der Waals surface area contributed by atoms with Crippen LogP contribution in [0.25, 0.3) is 10.4 Å². The summed E-state index contributed by atoms with van der Waals surface area (Å²) in [6.07, 6.45) is -4.10. The SMILES string of the molecule is CCc1nc(NC(=O)c2c(F)cccc2F)sc1-c1cccc(C(F)(F)F)c1. The minimum absolute atomic E-state index is 0.0388. The second kappa shape index (κ2) is 7.67. The number of nitrogens with one attached hydrogen (secondary N) is 1. The first-order valence-corrected chi connectivity index (χ1v) is 8.95. The number of hydrogen-bond donors (Lipinski definition) is 1. The molecule has 0 saturated carbocycles. The van der Waals surface area contributed by atoms with Crippen molar-refractivity contribution in [3.8, 4) is 10.4 Å². The molecule has 0 bridgehead atoms. The molecule has 0 aliphatic heterocycles. The fourth-order valence-corrected chi connectivity index (χ4v) is 3.63. The van der Waals surface area contributed by atoms with Crippen molar-refractivity contribution >= 4 is 22.4 Å². The molecule has 3 rings (SSSR count). The summed E-state index contributed by atoms with van der Waals surface area (Å²) in [6, 6.07) is 7.77. The maximum absolute atomic E-state index is 13.8. The molecule has 9 heteroatoms. The van der Waals surface area contributed by atoms with Crippen LogP contribution in [0.4, 0.5) is 27.1 Å². The highest BCUT2D eigenvalue weighted by Gasteiger charge is 2.31. The van der Waals surface area contributed by atoms with Crippen LogP contribution in [0.15, 0.2) is 42.5 Å². The number of thiazole rings is 1. The second-order valence-electron chi connectivity index (χ2n) is 5.78. The molecule has 0 fully saturated rings. The zero-order valence-electron chi connectivity index (χ0n) is 14.4. The summed E-state index contributed by atoms with van der Waals surface area (Å²) in [5.41, 5.74) is -0.800. The van der Waals surface area contributed by atoms with E-state index in [4.69, 9.17) is 0 Å². The van der Waals surface area contributed by atoms with E-state index in [0.717, 1.165) is 41.7 Å². The minimum Gasteiger partial charge on any atom is -0.298 e. The Labute approximate surface area is 160 Å². The summed E-state index contributed by atoms with van der Waals surface area (Å²) in [7, 11) is 0. The van der Waals surface area contributed by atoms with Crippen molar-refractivity contribution in [3.05, 3.63) is 70.9 Å². The largest absolute Gasteiger partial charge is 0.416 e. The average molecular weight is 412 g/mol. The normalized spacial score (nSPS) is 11.5. The number of amides is 1. The van der Waals surface area contributed by atoms with E-state index in [2.05, 4.69) is 10.3 Å². The predicted molar refractivity (Wildman–Crippen MR) is 96.2 cm³/mol. The summed E-state index contributed by atoms with van der Waals surface area (Å²) in [5, 5.41) is 2.35. The Balaban J connectivity index is 1.95. The summed E-state index contributed by atoms with van der Waals surface area (Å²) in [6.45, 7) is 1.76. The first-order chi connectivity index (χ1) is 13.2. The van der Waals surface area contributed by atoms with Gasteiger partial charge in [0.05, 0.1) is 16.1 Å². The second-order valence-corrected chi connectivity index (χ2v) is 6.78. The number of halogens is 5. The molecule has 1 heterocycles. The Bertz CT molecular complexity index is 1010. The third-order valence-electron chi connectivity index (χ3n) is 3.89. The van der Waals surface area contributed by atoms with Gasteiger partial charge in [0, 0.05) is 0 Å². The van der Waals surface area contributed by atoms with Gasteiger partial charge in [0.15, 0.2) is 5.13 Å². The van der Waals surface area contributed by atoms with Crippen molar-refractivity contribution in [2.75, 3.05) is 5.32 Å². The number of carbonyl (C=O) groups is 1. The molecule has 0 spiro atoms. The van der Waals surface area contributed by atoms with Gasteiger partial charge in [0.25, 0.3) is 5.91 Å². The molecule has 0 aliphatic carbocycles. The molecule has 0 atom stereocenters. The molecule has 2 aromatic carbocycles. The number of aryl methyl sites for hydroxylation is 1. The van der Waals surface area contributed by atoms with E-state index in [1.54, 1.807) is 6.92 Å². The lowest BCUT2D eigenvalue weighted by atomic mass is 10.1. The van der Waals surface area contributed by atoms with Crippen molar-refractivity contribution < 1.29 is 26.7 Å². The van der Waals surface area contributed by atoms with Crippen LogP contribution in [0.1, 0.15) is 28.5 Å². The highest BCUT2D eigenvalue weighted by molar-refractivity contribution is 7.19. The predicted octanol–water partition coefficient (Wildman–Crippen LogP) is 5.92. The Hall–Kier alpha value is -2.81. The van der Waals surface area contributed by atoms with Gasteiger partial charge in [-0.1, -0.05) is 36.5 Å². The van der Waals surface area contributed by atoms with Crippen molar-refractivity contribution in [1.82, 2.24) is 4.98 Å². The zero-order chi connectivity index (χ0) is 20.5. The number of anilines is 1. The lowest BCUT2D eigenvalue weighted by molar-refractivity contribution is -0.137. The van der Waals surface area contributed by atoms with E-state index in [1.807, 2.05) is 0 Å². The molecule has 146 valence electrons. The fraction of sp³-hybridized carbons (Fsp3) is 0.158. The van der Waals surface area contributed by atoms with Crippen LogP contribution >= 0.6 is 11.3 Å². The van der Waals surface area contributed by atoms with Crippen molar-refractivity contribution in [2.45, 2.75) is 19.5 Å². The summed E-state index contributed by atoms with van der Waals surface area (Å²) in [5.74, 6) is -3.08.